The van der Waals surface area contributed by atoms with Gasteiger partial charge in [0.05, 0.1) is 0 Å². The third-order valence-electron chi connectivity index (χ3n) is 7.19. The van der Waals surface area contributed by atoms with E-state index in [1.165, 1.54) is 23.1 Å². The van der Waals surface area contributed by atoms with Crippen molar-refractivity contribution < 1.29 is 9.59 Å². The number of piperidine rings is 1. The first-order valence-corrected chi connectivity index (χ1v) is 11.8. The lowest BCUT2D eigenvalue weighted by molar-refractivity contribution is 0.0698. The van der Waals surface area contributed by atoms with E-state index in [0.717, 1.165) is 47.9 Å². The number of nitrogens with zero attached hydrogens (tertiary/aromatic N) is 1. The van der Waals surface area contributed by atoms with Gasteiger partial charge in [0.1, 0.15) is 0 Å². The first-order chi connectivity index (χ1) is 15.5. The summed E-state index contributed by atoms with van der Waals surface area (Å²) in [4.78, 5) is 31.3. The molecule has 1 fully saturated rings. The molecule has 1 atom stereocenters. The summed E-state index contributed by atoms with van der Waals surface area (Å²) >= 11 is 0. The number of fused-ring (bicyclic) bond motifs is 3. The zero-order valence-corrected chi connectivity index (χ0v) is 18.9. The van der Waals surface area contributed by atoms with Crippen molar-refractivity contribution in [3.05, 3.63) is 70.4 Å². The first-order valence-electron chi connectivity index (χ1n) is 11.8. The molecule has 5 heteroatoms. The van der Waals surface area contributed by atoms with Gasteiger partial charge in [-0.3, -0.25) is 9.59 Å². The van der Waals surface area contributed by atoms with Gasteiger partial charge in [0, 0.05) is 46.9 Å². The number of amides is 2. The smallest absolute Gasteiger partial charge is 0.253 e. The van der Waals surface area contributed by atoms with Crippen LogP contribution in [0.4, 0.5) is 0 Å². The maximum atomic E-state index is 13.2. The van der Waals surface area contributed by atoms with E-state index in [0.29, 0.717) is 19.0 Å². The molecule has 0 radical (unpaired) electrons. The van der Waals surface area contributed by atoms with Gasteiger partial charge in [0.25, 0.3) is 11.8 Å². The van der Waals surface area contributed by atoms with Crippen LogP contribution in [-0.4, -0.2) is 40.8 Å². The van der Waals surface area contributed by atoms with E-state index in [4.69, 9.17) is 0 Å². The fourth-order valence-electron chi connectivity index (χ4n) is 5.22. The van der Waals surface area contributed by atoms with Crippen LogP contribution in [0.3, 0.4) is 0 Å². The molecule has 2 N–H and O–H groups in total. The number of nitrogens with one attached hydrogen (secondary N) is 2. The number of aromatic amines is 1. The molecular formula is C27H31N3O2. The van der Waals surface area contributed by atoms with Crippen molar-refractivity contribution in [3.63, 3.8) is 0 Å². The normalized spacial score (nSPS) is 19.1. The lowest BCUT2D eigenvalue weighted by Crippen LogP contribution is -2.46. The minimum atomic E-state index is -0.0233. The summed E-state index contributed by atoms with van der Waals surface area (Å²) in [6.07, 6.45) is 4.96. The molecule has 2 aromatic carbocycles. The number of likely N-dealkylation sites (tertiary alicyclic amines) is 1. The van der Waals surface area contributed by atoms with Crippen molar-refractivity contribution in [1.29, 1.82) is 0 Å². The Balaban J connectivity index is 1.24. The second-order valence-corrected chi connectivity index (χ2v) is 9.55. The number of hydrogen-bond donors (Lipinski definition) is 2. The van der Waals surface area contributed by atoms with Crippen LogP contribution in [0.5, 0.6) is 0 Å². The Bertz CT molecular complexity index is 1170. The van der Waals surface area contributed by atoms with Gasteiger partial charge in [-0.2, -0.15) is 0 Å². The molecule has 1 aliphatic heterocycles. The van der Waals surface area contributed by atoms with Gasteiger partial charge in [-0.25, -0.2) is 0 Å². The van der Waals surface area contributed by atoms with Crippen LogP contribution in [0.25, 0.3) is 10.9 Å². The number of carbonyl (C=O) groups excluding carboxylic acids is 2. The number of rotatable bonds is 3. The van der Waals surface area contributed by atoms with Gasteiger partial charge in [-0.15, -0.1) is 0 Å². The second kappa shape index (κ2) is 8.45. The van der Waals surface area contributed by atoms with Crippen molar-refractivity contribution in [3.8, 4) is 0 Å². The van der Waals surface area contributed by atoms with Crippen molar-refractivity contribution in [2.45, 2.75) is 52.0 Å². The molecule has 166 valence electrons. The van der Waals surface area contributed by atoms with Gasteiger partial charge in [-0.05, 0) is 80.3 Å². The lowest BCUT2D eigenvalue weighted by Gasteiger charge is -2.32. The summed E-state index contributed by atoms with van der Waals surface area (Å²) in [5.74, 6) is 0.758. The average molecular weight is 430 g/mol. The monoisotopic (exact) mass is 429 g/mol. The molecule has 5 nitrogen and oxygen atoms in total. The highest BCUT2D eigenvalue weighted by atomic mass is 16.2. The van der Waals surface area contributed by atoms with Crippen LogP contribution >= 0.6 is 0 Å². The molecular weight excluding hydrogens is 398 g/mol. The van der Waals surface area contributed by atoms with Gasteiger partial charge in [0.15, 0.2) is 0 Å². The quantitative estimate of drug-likeness (QED) is 0.637. The van der Waals surface area contributed by atoms with Crippen LogP contribution < -0.4 is 5.32 Å². The summed E-state index contributed by atoms with van der Waals surface area (Å²) in [6.45, 7) is 5.59. The number of aryl methyl sites for hydroxylation is 2. The fraction of sp³-hybridized carbons (Fsp3) is 0.407. The van der Waals surface area contributed by atoms with Gasteiger partial charge in [-0.1, -0.05) is 25.1 Å². The van der Waals surface area contributed by atoms with Gasteiger partial charge >= 0.3 is 0 Å². The third-order valence-corrected chi connectivity index (χ3v) is 7.19. The van der Waals surface area contributed by atoms with E-state index in [1.807, 2.05) is 42.2 Å². The summed E-state index contributed by atoms with van der Waals surface area (Å²) < 4.78 is 0. The van der Waals surface area contributed by atoms with E-state index >= 15 is 0 Å². The summed E-state index contributed by atoms with van der Waals surface area (Å²) in [5.41, 5.74) is 6.34. The van der Waals surface area contributed by atoms with Crippen LogP contribution in [-0.2, 0) is 12.8 Å². The highest BCUT2D eigenvalue weighted by molar-refractivity contribution is 5.99. The van der Waals surface area contributed by atoms with E-state index in [2.05, 4.69) is 29.4 Å². The van der Waals surface area contributed by atoms with Crippen molar-refractivity contribution >= 4 is 22.7 Å². The SMILES string of the molecule is Cc1ccccc1C(=O)NC1CCN(C(=O)c2ccc3[nH]c4c(c3c2)CC(C)CC4)CC1. The molecule has 1 unspecified atom stereocenters. The predicted molar refractivity (Wildman–Crippen MR) is 127 cm³/mol. The van der Waals surface area contributed by atoms with E-state index in [9.17, 15) is 9.59 Å². The Morgan fingerprint density at radius 2 is 1.84 bits per heavy atom. The summed E-state index contributed by atoms with van der Waals surface area (Å²) in [6, 6.07) is 13.8. The Labute approximate surface area is 189 Å². The molecule has 3 aromatic rings. The lowest BCUT2D eigenvalue weighted by atomic mass is 9.87. The first kappa shape index (κ1) is 20.8. The Kier molecular flexibility index (Phi) is 5.50. The van der Waals surface area contributed by atoms with Crippen LogP contribution in [0.2, 0.25) is 0 Å². The topological polar surface area (TPSA) is 65.2 Å². The molecule has 0 bridgehead atoms. The highest BCUT2D eigenvalue weighted by Crippen LogP contribution is 2.32. The zero-order chi connectivity index (χ0) is 22.2. The molecule has 0 spiro atoms. The largest absolute Gasteiger partial charge is 0.358 e. The molecule has 32 heavy (non-hydrogen) atoms. The molecule has 2 amide bonds. The number of aromatic nitrogens is 1. The Morgan fingerprint density at radius 3 is 2.62 bits per heavy atom. The van der Waals surface area contributed by atoms with Crippen molar-refractivity contribution in [2.75, 3.05) is 13.1 Å². The van der Waals surface area contributed by atoms with Crippen LogP contribution in [0.1, 0.15) is 63.7 Å². The molecule has 1 saturated heterocycles. The number of benzene rings is 2. The molecule has 0 saturated carbocycles. The second-order valence-electron chi connectivity index (χ2n) is 9.55. The van der Waals surface area contributed by atoms with Crippen LogP contribution in [0, 0.1) is 12.8 Å². The van der Waals surface area contributed by atoms with E-state index in [-0.39, 0.29) is 17.9 Å². The Morgan fingerprint density at radius 1 is 1.06 bits per heavy atom. The fourth-order valence-corrected chi connectivity index (χ4v) is 5.22. The number of H-pyrrole nitrogens is 1. The van der Waals surface area contributed by atoms with E-state index in [1.54, 1.807) is 0 Å². The minimum absolute atomic E-state index is 0.0233. The molecule has 5 rings (SSSR count). The van der Waals surface area contributed by atoms with Crippen LogP contribution in [0.15, 0.2) is 42.5 Å². The van der Waals surface area contributed by atoms with Crippen molar-refractivity contribution in [1.82, 2.24) is 15.2 Å². The molecule has 2 heterocycles. The molecule has 1 aromatic heterocycles. The summed E-state index contributed by atoms with van der Waals surface area (Å²) in [7, 11) is 0. The maximum absolute atomic E-state index is 13.2. The Hall–Kier alpha value is -3.08. The van der Waals surface area contributed by atoms with Crippen molar-refractivity contribution in [2.24, 2.45) is 5.92 Å². The van der Waals surface area contributed by atoms with E-state index < -0.39 is 0 Å². The average Bonchev–Trinajstić information content (AvgIpc) is 3.16. The number of hydrogen-bond acceptors (Lipinski definition) is 2. The number of carbonyl (C=O) groups is 2. The standard InChI is InChI=1S/C27H31N3O2/c1-17-7-9-24-22(15-17)23-16-19(8-10-25(23)29-24)27(32)30-13-11-20(12-14-30)28-26(31)21-6-4-3-5-18(21)2/h3-6,8,10,16-17,20,29H,7,9,11-15H2,1-2H3,(H,28,31). The zero-order valence-electron chi connectivity index (χ0n) is 18.9. The highest BCUT2D eigenvalue weighted by Gasteiger charge is 2.26. The molecule has 2 aliphatic rings. The molecule has 1 aliphatic carbocycles. The predicted octanol–water partition coefficient (Wildman–Crippen LogP) is 4.64. The maximum Gasteiger partial charge on any atom is 0.253 e. The third kappa shape index (κ3) is 3.92. The van der Waals surface area contributed by atoms with Gasteiger partial charge < -0.3 is 15.2 Å². The minimum Gasteiger partial charge on any atom is -0.358 e. The van der Waals surface area contributed by atoms with Gasteiger partial charge in [0.2, 0.25) is 0 Å². The summed E-state index contributed by atoms with van der Waals surface area (Å²) in [5, 5.41) is 4.36.